The first-order valence-electron chi connectivity index (χ1n) is 9.12. The van der Waals surface area contributed by atoms with Gasteiger partial charge in [-0.25, -0.2) is 4.98 Å². The van der Waals surface area contributed by atoms with Crippen LogP contribution in [0.3, 0.4) is 0 Å². The largest absolute Gasteiger partial charge is 0.481 e. The summed E-state index contributed by atoms with van der Waals surface area (Å²) in [5.74, 6) is 0.275. The summed E-state index contributed by atoms with van der Waals surface area (Å²) in [6.07, 6.45) is 3.25. The molecule has 1 aromatic rings. The smallest absolute Gasteiger partial charge is 0.313 e. The van der Waals surface area contributed by atoms with E-state index >= 15 is 0 Å². The summed E-state index contributed by atoms with van der Waals surface area (Å²) in [5, 5.41) is 20.0. The van der Waals surface area contributed by atoms with Gasteiger partial charge in [-0.1, -0.05) is 0 Å². The van der Waals surface area contributed by atoms with Crippen molar-refractivity contribution >= 4 is 17.7 Å². The number of anilines is 2. The number of carbonyl (C=O) groups is 1. The minimum absolute atomic E-state index is 0.469. The van der Waals surface area contributed by atoms with Crippen LogP contribution in [0.25, 0.3) is 0 Å². The second-order valence-corrected chi connectivity index (χ2v) is 7.96. The minimum atomic E-state index is -1.10. The molecule has 2 N–H and O–H groups in total. The molecule has 2 aliphatic rings. The summed E-state index contributed by atoms with van der Waals surface area (Å²) in [6, 6.07) is 0. The Morgan fingerprint density at radius 2 is 1.96 bits per heavy atom. The molecule has 0 amide bonds. The highest BCUT2D eigenvalue weighted by Crippen LogP contribution is 2.33. The molecule has 26 heavy (non-hydrogen) atoms. The lowest BCUT2D eigenvalue weighted by Crippen LogP contribution is -2.47. The van der Waals surface area contributed by atoms with E-state index in [0.29, 0.717) is 50.2 Å². The summed E-state index contributed by atoms with van der Waals surface area (Å²) < 4.78 is 5.42. The maximum Gasteiger partial charge on any atom is 0.313 e. The molecule has 0 radical (unpaired) electrons. The van der Waals surface area contributed by atoms with E-state index in [2.05, 4.69) is 9.88 Å². The predicted octanol–water partition coefficient (Wildman–Crippen LogP) is 1.03. The Hall–Kier alpha value is -1.93. The van der Waals surface area contributed by atoms with Gasteiger partial charge in [0, 0.05) is 37.9 Å². The Kier molecular flexibility index (Phi) is 5.07. The quantitative estimate of drug-likeness (QED) is 0.817. The van der Waals surface area contributed by atoms with Crippen LogP contribution in [0.4, 0.5) is 11.8 Å². The molecule has 2 saturated heterocycles. The van der Waals surface area contributed by atoms with Crippen molar-refractivity contribution in [2.45, 2.75) is 44.6 Å². The van der Waals surface area contributed by atoms with Crippen molar-refractivity contribution in [2.75, 3.05) is 49.2 Å². The van der Waals surface area contributed by atoms with Crippen LogP contribution in [0, 0.1) is 0 Å². The molecule has 2 fully saturated rings. The van der Waals surface area contributed by atoms with Gasteiger partial charge >= 0.3 is 5.97 Å². The molecule has 0 saturated carbocycles. The first-order chi connectivity index (χ1) is 12.2. The average Bonchev–Trinajstić information content (AvgIpc) is 2.61. The highest BCUT2D eigenvalue weighted by Gasteiger charge is 2.36. The highest BCUT2D eigenvalue weighted by molar-refractivity contribution is 5.82. The molecule has 0 aliphatic carbocycles. The third-order valence-corrected chi connectivity index (χ3v) is 5.23. The number of aromatic nitrogens is 2. The van der Waals surface area contributed by atoms with Crippen LogP contribution in [0.1, 0.15) is 39.2 Å². The molecule has 1 aromatic heterocycles. The number of β-amino-alcohol motifs (C(OH)–C–C–N with tert-alkyl or cyclic N) is 1. The van der Waals surface area contributed by atoms with Crippen molar-refractivity contribution in [3.8, 4) is 0 Å². The van der Waals surface area contributed by atoms with E-state index in [1.54, 1.807) is 20.0 Å². The second kappa shape index (κ2) is 7.00. The van der Waals surface area contributed by atoms with Crippen LogP contribution in [0.15, 0.2) is 6.20 Å². The van der Waals surface area contributed by atoms with Gasteiger partial charge < -0.3 is 24.7 Å². The molecule has 0 aromatic carbocycles. The summed E-state index contributed by atoms with van der Waals surface area (Å²) >= 11 is 0. The third-order valence-electron chi connectivity index (χ3n) is 5.23. The lowest BCUT2D eigenvalue weighted by atomic mass is 9.85. The van der Waals surface area contributed by atoms with Gasteiger partial charge in [0.1, 0.15) is 5.82 Å². The number of piperidine rings is 1. The lowest BCUT2D eigenvalue weighted by Gasteiger charge is -2.38. The summed E-state index contributed by atoms with van der Waals surface area (Å²) in [4.78, 5) is 25.0. The zero-order valence-electron chi connectivity index (χ0n) is 15.7. The monoisotopic (exact) mass is 364 g/mol. The molecule has 0 spiro atoms. The third kappa shape index (κ3) is 3.76. The maximum absolute atomic E-state index is 11.8. The Morgan fingerprint density at radius 1 is 1.27 bits per heavy atom. The van der Waals surface area contributed by atoms with Crippen LogP contribution < -0.4 is 9.80 Å². The van der Waals surface area contributed by atoms with Crippen LogP contribution in [-0.4, -0.2) is 71.1 Å². The Labute approximate surface area is 153 Å². The minimum Gasteiger partial charge on any atom is -0.481 e. The lowest BCUT2D eigenvalue weighted by molar-refractivity contribution is -0.142. The molecular weight excluding hydrogens is 336 g/mol. The summed E-state index contributed by atoms with van der Waals surface area (Å²) in [7, 11) is 0. The molecule has 3 heterocycles. The Morgan fingerprint density at radius 3 is 2.58 bits per heavy atom. The van der Waals surface area contributed by atoms with E-state index in [-0.39, 0.29) is 0 Å². The number of nitrogens with zero attached hydrogens (tertiary/aromatic N) is 4. The van der Waals surface area contributed by atoms with Crippen molar-refractivity contribution in [1.82, 2.24) is 9.97 Å². The van der Waals surface area contributed by atoms with E-state index in [1.807, 2.05) is 11.8 Å². The topological polar surface area (TPSA) is 99.0 Å². The van der Waals surface area contributed by atoms with Crippen molar-refractivity contribution in [3.63, 3.8) is 0 Å². The van der Waals surface area contributed by atoms with Gasteiger partial charge in [0.15, 0.2) is 0 Å². The van der Waals surface area contributed by atoms with E-state index in [1.165, 1.54) is 0 Å². The molecule has 144 valence electrons. The number of rotatable bonds is 4. The van der Waals surface area contributed by atoms with Crippen LogP contribution >= 0.6 is 0 Å². The van der Waals surface area contributed by atoms with Gasteiger partial charge in [0.2, 0.25) is 5.95 Å². The Balaban J connectivity index is 2.00. The zero-order valence-corrected chi connectivity index (χ0v) is 15.7. The average molecular weight is 364 g/mol. The maximum atomic E-state index is 11.8. The van der Waals surface area contributed by atoms with Crippen molar-refractivity contribution in [1.29, 1.82) is 0 Å². The number of ether oxygens (including phenoxy) is 1. The van der Waals surface area contributed by atoms with E-state index < -0.39 is 17.0 Å². The highest BCUT2D eigenvalue weighted by atomic mass is 16.5. The molecule has 1 unspecified atom stereocenters. The van der Waals surface area contributed by atoms with E-state index in [0.717, 1.165) is 19.4 Å². The van der Waals surface area contributed by atoms with Crippen molar-refractivity contribution < 1.29 is 19.7 Å². The molecule has 3 rings (SSSR count). The fourth-order valence-corrected chi connectivity index (χ4v) is 3.48. The summed E-state index contributed by atoms with van der Waals surface area (Å²) in [5.41, 5.74) is -1.27. The number of aliphatic hydroxyl groups is 1. The molecule has 8 heteroatoms. The van der Waals surface area contributed by atoms with Gasteiger partial charge in [-0.3, -0.25) is 4.79 Å². The van der Waals surface area contributed by atoms with Gasteiger partial charge in [-0.05, 0) is 33.6 Å². The van der Waals surface area contributed by atoms with Crippen LogP contribution in [-0.2, 0) is 14.9 Å². The number of aliphatic carboxylic acids is 1. The number of hydrogen-bond donors (Lipinski definition) is 2. The first-order valence-corrected chi connectivity index (χ1v) is 9.12. The van der Waals surface area contributed by atoms with Gasteiger partial charge in [-0.15, -0.1) is 0 Å². The van der Waals surface area contributed by atoms with Crippen LogP contribution in [0.2, 0.25) is 0 Å². The van der Waals surface area contributed by atoms with Crippen molar-refractivity contribution in [2.24, 2.45) is 0 Å². The normalized spacial score (nSPS) is 24.6. The molecular formula is C18H28N4O4. The number of morpholine rings is 1. The number of carboxylic acid groups (broad SMARTS) is 1. The zero-order chi connectivity index (χ0) is 18.9. The van der Waals surface area contributed by atoms with Crippen LogP contribution in [0.5, 0.6) is 0 Å². The molecule has 2 aliphatic heterocycles. The van der Waals surface area contributed by atoms with Gasteiger partial charge in [-0.2, -0.15) is 4.98 Å². The van der Waals surface area contributed by atoms with Gasteiger partial charge in [0.05, 0.1) is 24.2 Å². The predicted molar refractivity (Wildman–Crippen MR) is 97.8 cm³/mol. The molecule has 8 nitrogen and oxygen atoms in total. The molecule has 0 bridgehead atoms. The van der Waals surface area contributed by atoms with Gasteiger partial charge in [0.25, 0.3) is 0 Å². The fraction of sp³-hybridized carbons (Fsp3) is 0.722. The van der Waals surface area contributed by atoms with Crippen molar-refractivity contribution in [3.05, 3.63) is 11.8 Å². The number of carboxylic acids is 1. The van der Waals surface area contributed by atoms with E-state index in [9.17, 15) is 15.0 Å². The number of hydrogen-bond acceptors (Lipinski definition) is 7. The van der Waals surface area contributed by atoms with E-state index in [4.69, 9.17) is 9.72 Å². The summed E-state index contributed by atoms with van der Waals surface area (Å²) in [6.45, 7) is 8.91. The second-order valence-electron chi connectivity index (χ2n) is 7.96. The fourth-order valence-electron chi connectivity index (χ4n) is 3.48. The molecule has 1 atom stereocenters. The standard InChI is InChI=1S/C18H28N4O4/c1-17(2,15(23)24)13-11-19-16(22-6-4-5-18(3,25)12-22)20-14(13)21-7-9-26-10-8-21/h11,25H,4-10,12H2,1-3H3,(H,23,24). The SMILES string of the molecule is CC1(O)CCCN(c2ncc(C(C)(C)C(=O)O)c(N3CCOCC3)n2)C1. The first kappa shape index (κ1) is 18.8. The Bertz CT molecular complexity index is 671.